The molecule has 0 saturated heterocycles. The highest BCUT2D eigenvalue weighted by molar-refractivity contribution is 9.10. The van der Waals surface area contributed by atoms with Gasteiger partial charge in [-0.1, -0.05) is 68.3 Å². The zero-order valence-electron chi connectivity index (χ0n) is 15.1. The summed E-state index contributed by atoms with van der Waals surface area (Å²) in [5, 5.41) is 0. The molecule has 0 bridgehead atoms. The van der Waals surface area contributed by atoms with Gasteiger partial charge < -0.3 is 5.53 Å². The second-order valence-corrected chi connectivity index (χ2v) is 9.67. The summed E-state index contributed by atoms with van der Waals surface area (Å²) >= 11 is 7.42. The van der Waals surface area contributed by atoms with Gasteiger partial charge in [0.1, 0.15) is 0 Å². The molecule has 1 spiro atoms. The number of fused-ring (bicyclic) bond motifs is 7. The highest BCUT2D eigenvalue weighted by Crippen LogP contribution is 2.67. The lowest BCUT2D eigenvalue weighted by molar-refractivity contribution is 0.789. The maximum atomic E-state index is 10.8. The Morgan fingerprint density at radius 1 is 0.621 bits per heavy atom. The molecule has 4 heteroatoms. The van der Waals surface area contributed by atoms with Crippen molar-refractivity contribution < 1.29 is 0 Å². The fourth-order valence-electron chi connectivity index (χ4n) is 5.71. The Bertz CT molecular complexity index is 1340. The Labute approximate surface area is 184 Å². The lowest BCUT2D eigenvalue weighted by Crippen LogP contribution is -2.26. The fraction of sp³-hybridized carbons (Fsp3) is 0.0400. The Hall–Kier alpha value is -2.56. The van der Waals surface area contributed by atoms with Crippen LogP contribution >= 0.6 is 31.9 Å². The predicted molar refractivity (Wildman–Crippen MR) is 123 cm³/mol. The molecule has 3 aliphatic rings. The molecule has 7 rings (SSSR count). The van der Waals surface area contributed by atoms with Crippen LogP contribution in [0.1, 0.15) is 22.3 Å². The van der Waals surface area contributed by atoms with E-state index in [0.717, 1.165) is 31.4 Å². The molecule has 4 aromatic carbocycles. The second-order valence-electron chi connectivity index (χ2n) is 7.84. The quantitative estimate of drug-likeness (QED) is 0.191. The van der Waals surface area contributed by atoms with E-state index in [1.165, 1.54) is 38.1 Å². The predicted octanol–water partition coefficient (Wildman–Crippen LogP) is 7.72. The summed E-state index contributed by atoms with van der Waals surface area (Å²) in [4.78, 5) is 0. The highest BCUT2D eigenvalue weighted by Gasteiger charge is 2.56. The second kappa shape index (κ2) is 5.13. The third-order valence-electron chi connectivity index (χ3n) is 6.66. The van der Waals surface area contributed by atoms with E-state index in [2.05, 4.69) is 92.5 Å². The average Bonchev–Trinajstić information content (AvgIpc) is 3.30. The van der Waals surface area contributed by atoms with Gasteiger partial charge in [0.25, 0.3) is 0 Å². The van der Waals surface area contributed by atoms with Crippen LogP contribution in [0, 0.1) is 0 Å². The van der Waals surface area contributed by atoms with Crippen LogP contribution in [-0.4, -0.2) is 0 Å². The number of hydrogen-bond donors (Lipinski definition) is 0. The van der Waals surface area contributed by atoms with E-state index in [-0.39, 0.29) is 5.41 Å². The van der Waals surface area contributed by atoms with Gasteiger partial charge in [0.2, 0.25) is 11.4 Å². The van der Waals surface area contributed by atoms with E-state index < -0.39 is 0 Å². The maximum Gasteiger partial charge on any atom is 0.208 e. The molecular weight excluding hydrogens is 488 g/mol. The van der Waals surface area contributed by atoms with Crippen LogP contribution in [0.3, 0.4) is 0 Å². The van der Waals surface area contributed by atoms with Crippen molar-refractivity contribution in [1.82, 2.24) is 4.70 Å². The van der Waals surface area contributed by atoms with E-state index >= 15 is 0 Å². The summed E-state index contributed by atoms with van der Waals surface area (Å²) in [6.45, 7) is 0. The normalized spacial score (nSPS) is 15.6. The van der Waals surface area contributed by atoms with E-state index in [1.807, 2.05) is 12.1 Å². The lowest BCUT2D eigenvalue weighted by Gasteiger charge is -2.31. The third kappa shape index (κ3) is 1.67. The molecule has 2 nitrogen and oxygen atoms in total. The average molecular weight is 500 g/mol. The molecule has 1 aliphatic heterocycles. The first kappa shape index (κ1) is 16.3. The number of benzene rings is 4. The van der Waals surface area contributed by atoms with Gasteiger partial charge in [0, 0.05) is 21.1 Å². The zero-order valence-corrected chi connectivity index (χ0v) is 18.3. The van der Waals surface area contributed by atoms with Gasteiger partial charge in [-0.3, -0.25) is 0 Å². The van der Waals surface area contributed by atoms with Crippen molar-refractivity contribution in [1.29, 1.82) is 0 Å². The molecule has 0 amide bonds. The van der Waals surface area contributed by atoms with Gasteiger partial charge in [0.05, 0.1) is 16.5 Å². The van der Waals surface area contributed by atoms with Crippen LogP contribution in [0.25, 0.3) is 27.8 Å². The summed E-state index contributed by atoms with van der Waals surface area (Å²) in [7, 11) is 0. The highest BCUT2D eigenvalue weighted by atomic mass is 79.9. The summed E-state index contributed by atoms with van der Waals surface area (Å²) < 4.78 is 3.49. The summed E-state index contributed by atoms with van der Waals surface area (Å²) in [5.41, 5.74) is 22.1. The Morgan fingerprint density at radius 3 is 1.59 bits per heavy atom. The molecule has 1 heterocycles. The van der Waals surface area contributed by atoms with Gasteiger partial charge >= 0.3 is 0 Å². The van der Waals surface area contributed by atoms with Crippen LogP contribution in [-0.2, 0) is 5.41 Å². The van der Waals surface area contributed by atoms with Crippen LogP contribution in [0.2, 0.25) is 0 Å². The molecule has 0 atom stereocenters. The zero-order chi connectivity index (χ0) is 19.5. The molecule has 0 saturated carbocycles. The lowest BCUT2D eigenvalue weighted by atomic mass is 9.70. The third-order valence-corrected chi connectivity index (χ3v) is 7.65. The topological polar surface area (TPSA) is 25.3 Å². The van der Waals surface area contributed by atoms with Crippen molar-refractivity contribution in [3.05, 3.63) is 110 Å². The van der Waals surface area contributed by atoms with Crippen molar-refractivity contribution in [2.24, 2.45) is 0 Å². The Kier molecular flexibility index (Phi) is 2.87. The minimum absolute atomic E-state index is 0.379. The largest absolute Gasteiger partial charge is 0.493 e. The van der Waals surface area contributed by atoms with Crippen molar-refractivity contribution in [3.63, 3.8) is 0 Å². The van der Waals surface area contributed by atoms with E-state index in [1.54, 1.807) is 0 Å². The Balaban J connectivity index is 1.76. The monoisotopic (exact) mass is 498 g/mol. The first-order valence-corrected chi connectivity index (χ1v) is 11.1. The van der Waals surface area contributed by atoms with Gasteiger partial charge in [-0.25, -0.2) is 4.70 Å². The fourth-order valence-corrected chi connectivity index (χ4v) is 6.43. The van der Waals surface area contributed by atoms with E-state index in [4.69, 9.17) is 0 Å². The minimum atomic E-state index is -0.379. The van der Waals surface area contributed by atoms with Crippen LogP contribution < -0.4 is 4.70 Å². The molecule has 0 N–H and O–H groups in total. The molecule has 0 aromatic heterocycles. The number of halogens is 2. The first-order chi connectivity index (χ1) is 14.1. The standard InChI is InChI=1S/C25H12Br2N2/c26-13-7-9-15-16-10-8-14(27)12-20(16)25(19(15)11-13)17-3-1-5-21-23(17)24-18(25)4-2-6-22(24)29(21)28/h1-12H. The molecule has 0 unspecified atom stereocenters. The van der Waals surface area contributed by atoms with E-state index in [9.17, 15) is 5.53 Å². The molecule has 4 aromatic rings. The SMILES string of the molecule is [N-]=[N+]1c2cccc3c2-c2c1cccc2C31c2cc(Br)ccc2-c2ccc(Br)cc21. The molecule has 136 valence electrons. The minimum Gasteiger partial charge on any atom is -0.493 e. The smallest absolute Gasteiger partial charge is 0.208 e. The molecule has 0 radical (unpaired) electrons. The summed E-state index contributed by atoms with van der Waals surface area (Å²) in [5.74, 6) is 0. The molecule has 29 heavy (non-hydrogen) atoms. The van der Waals surface area contributed by atoms with E-state index in [0.29, 0.717) is 0 Å². The van der Waals surface area contributed by atoms with Crippen LogP contribution in [0.5, 0.6) is 0 Å². The van der Waals surface area contributed by atoms with Gasteiger partial charge in [-0.2, -0.15) is 0 Å². The van der Waals surface area contributed by atoms with Crippen molar-refractivity contribution in [2.75, 3.05) is 0 Å². The van der Waals surface area contributed by atoms with Gasteiger partial charge in [0.15, 0.2) is 0 Å². The molecular formula is C25H12Br2N2. The van der Waals surface area contributed by atoms with Gasteiger partial charge in [-0.15, -0.1) is 0 Å². The van der Waals surface area contributed by atoms with Crippen LogP contribution in [0.4, 0.5) is 11.4 Å². The summed E-state index contributed by atoms with van der Waals surface area (Å²) in [6.07, 6.45) is 0. The van der Waals surface area contributed by atoms with Gasteiger partial charge in [-0.05, 0) is 57.6 Å². The first-order valence-electron chi connectivity index (χ1n) is 9.49. The summed E-state index contributed by atoms with van der Waals surface area (Å²) in [6, 6.07) is 25.8. The number of nitrogens with zero attached hydrogens (tertiary/aromatic N) is 2. The maximum absolute atomic E-state index is 10.8. The van der Waals surface area contributed by atoms with Crippen molar-refractivity contribution >= 4 is 43.2 Å². The van der Waals surface area contributed by atoms with Crippen LogP contribution in [0.15, 0.2) is 81.7 Å². The van der Waals surface area contributed by atoms with Crippen molar-refractivity contribution in [3.8, 4) is 22.3 Å². The number of hydrogen-bond acceptors (Lipinski definition) is 0. The number of rotatable bonds is 0. The molecule has 2 aliphatic carbocycles. The molecule has 0 fully saturated rings. The van der Waals surface area contributed by atoms with Crippen molar-refractivity contribution in [2.45, 2.75) is 5.41 Å². The Morgan fingerprint density at radius 2 is 1.10 bits per heavy atom.